The van der Waals surface area contributed by atoms with Gasteiger partial charge in [0.05, 0.1) is 6.61 Å². The van der Waals surface area contributed by atoms with Crippen LogP contribution in [0.5, 0.6) is 11.5 Å². The number of carbonyl (C=O) groups is 1. The van der Waals surface area contributed by atoms with Gasteiger partial charge in [-0.1, -0.05) is 0 Å². The van der Waals surface area contributed by atoms with Gasteiger partial charge in [0, 0.05) is 12.5 Å². The molecule has 1 aromatic carbocycles. The van der Waals surface area contributed by atoms with Gasteiger partial charge in [-0.3, -0.25) is 0 Å². The highest BCUT2D eigenvalue weighted by Crippen LogP contribution is 2.40. The lowest BCUT2D eigenvalue weighted by atomic mass is 9.77. The smallest absolute Gasteiger partial charge is 0.407 e. The summed E-state index contributed by atoms with van der Waals surface area (Å²) in [5.74, 6) is -0.0361. The van der Waals surface area contributed by atoms with E-state index in [0.29, 0.717) is 13.2 Å². The third kappa shape index (κ3) is 2.27. The topological polar surface area (TPSA) is 78.8 Å². The van der Waals surface area contributed by atoms with Crippen LogP contribution >= 0.6 is 0 Å². The summed E-state index contributed by atoms with van der Waals surface area (Å²) in [4.78, 5) is 11.1. The number of hydrogen-bond donors (Lipinski definition) is 3. The van der Waals surface area contributed by atoms with Gasteiger partial charge < -0.3 is 20.3 Å². The molecule has 0 fully saturated rings. The van der Waals surface area contributed by atoms with Crippen molar-refractivity contribution in [2.45, 2.75) is 19.3 Å². The lowest BCUT2D eigenvalue weighted by Gasteiger charge is -2.30. The molecule has 5 nitrogen and oxygen atoms in total. The van der Waals surface area contributed by atoms with Crippen molar-refractivity contribution in [3.63, 3.8) is 0 Å². The van der Waals surface area contributed by atoms with Crippen LogP contribution in [0.1, 0.15) is 24.0 Å². The fourth-order valence-electron chi connectivity index (χ4n) is 2.01. The highest BCUT2D eigenvalue weighted by atomic mass is 16.5. The van der Waals surface area contributed by atoms with E-state index in [1.54, 1.807) is 19.1 Å². The highest BCUT2D eigenvalue weighted by Gasteiger charge is 2.28. The summed E-state index contributed by atoms with van der Waals surface area (Å²) < 4.78 is 4.75. The summed E-state index contributed by atoms with van der Waals surface area (Å²) in [5, 5.41) is 21.3. The molecule has 1 amide bonds. The number of carbonyl (C=O) groups excluding carboxylic acids is 1. The highest BCUT2D eigenvalue weighted by molar-refractivity contribution is 5.67. The fraction of sp³-hybridized carbons (Fsp3) is 0.417. The largest absolute Gasteiger partial charge is 0.504 e. The Kier molecular flexibility index (Phi) is 3.08. The lowest BCUT2D eigenvalue weighted by molar-refractivity contribution is 0.151. The molecule has 0 spiro atoms. The predicted molar refractivity (Wildman–Crippen MR) is 61.2 cm³/mol. The molecule has 2 rings (SSSR count). The number of rotatable bonds is 3. The number of hydrogen-bond acceptors (Lipinski definition) is 4. The molecule has 0 aliphatic heterocycles. The zero-order chi connectivity index (χ0) is 12.4. The van der Waals surface area contributed by atoms with Gasteiger partial charge >= 0.3 is 6.09 Å². The summed E-state index contributed by atoms with van der Waals surface area (Å²) in [6.07, 6.45) is 0.360. The molecular weight excluding hydrogens is 222 g/mol. The van der Waals surface area contributed by atoms with Crippen molar-refractivity contribution in [2.24, 2.45) is 0 Å². The first-order valence-electron chi connectivity index (χ1n) is 5.57. The summed E-state index contributed by atoms with van der Waals surface area (Å²) in [6, 6.07) is 3.11. The van der Waals surface area contributed by atoms with Gasteiger partial charge in [0.1, 0.15) is 0 Å². The molecule has 1 aromatic rings. The van der Waals surface area contributed by atoms with Crippen molar-refractivity contribution >= 4 is 6.09 Å². The Hall–Kier alpha value is -1.91. The molecule has 1 atom stereocenters. The minimum absolute atomic E-state index is 0.0967. The Bertz CT molecular complexity index is 444. The van der Waals surface area contributed by atoms with Crippen LogP contribution in [-0.2, 0) is 11.2 Å². The van der Waals surface area contributed by atoms with Gasteiger partial charge in [-0.25, -0.2) is 4.79 Å². The third-order valence-electron chi connectivity index (χ3n) is 2.91. The van der Waals surface area contributed by atoms with Crippen molar-refractivity contribution in [1.82, 2.24) is 5.32 Å². The number of ether oxygens (including phenoxy) is 1. The van der Waals surface area contributed by atoms with Crippen molar-refractivity contribution in [2.75, 3.05) is 13.2 Å². The van der Waals surface area contributed by atoms with E-state index in [1.165, 1.54) is 0 Å². The van der Waals surface area contributed by atoms with Gasteiger partial charge in [0.25, 0.3) is 0 Å². The van der Waals surface area contributed by atoms with Crippen LogP contribution in [0.2, 0.25) is 0 Å². The van der Waals surface area contributed by atoms with E-state index in [1.807, 2.05) is 0 Å². The zero-order valence-corrected chi connectivity index (χ0v) is 9.56. The van der Waals surface area contributed by atoms with Crippen LogP contribution in [0.15, 0.2) is 12.1 Å². The monoisotopic (exact) mass is 237 g/mol. The van der Waals surface area contributed by atoms with Gasteiger partial charge in [0.2, 0.25) is 0 Å². The first-order valence-corrected chi connectivity index (χ1v) is 5.57. The second-order valence-corrected chi connectivity index (χ2v) is 4.04. The number of nitrogens with one attached hydrogen (secondary N) is 1. The average Bonchev–Trinajstić information content (AvgIpc) is 2.27. The maximum atomic E-state index is 11.1. The second-order valence-electron chi connectivity index (χ2n) is 4.04. The number of phenols is 2. The summed E-state index contributed by atoms with van der Waals surface area (Å²) >= 11 is 0. The van der Waals surface area contributed by atoms with Crippen molar-refractivity contribution in [3.8, 4) is 11.5 Å². The molecule has 0 bridgehead atoms. The van der Waals surface area contributed by atoms with Crippen LogP contribution in [-0.4, -0.2) is 29.5 Å². The first kappa shape index (κ1) is 11.6. The maximum absolute atomic E-state index is 11.1. The number of aromatic hydroxyl groups is 2. The number of fused-ring (bicyclic) bond motifs is 1. The van der Waals surface area contributed by atoms with Crippen LogP contribution in [0.3, 0.4) is 0 Å². The van der Waals surface area contributed by atoms with Crippen LogP contribution in [0.25, 0.3) is 0 Å². The second kappa shape index (κ2) is 4.53. The molecule has 0 heterocycles. The van der Waals surface area contributed by atoms with Crippen LogP contribution in [0, 0.1) is 0 Å². The summed E-state index contributed by atoms with van der Waals surface area (Å²) in [6.45, 7) is 2.58. The number of benzene rings is 1. The van der Waals surface area contributed by atoms with E-state index in [9.17, 15) is 15.0 Å². The minimum Gasteiger partial charge on any atom is -0.504 e. The van der Waals surface area contributed by atoms with Gasteiger partial charge in [-0.05, 0) is 36.6 Å². The molecule has 3 N–H and O–H groups in total. The lowest BCUT2D eigenvalue weighted by Crippen LogP contribution is -2.33. The van der Waals surface area contributed by atoms with Crippen molar-refractivity contribution < 1.29 is 19.7 Å². The molecule has 1 aliphatic rings. The van der Waals surface area contributed by atoms with Gasteiger partial charge in [-0.2, -0.15) is 0 Å². The fourth-order valence-corrected chi connectivity index (χ4v) is 2.01. The Morgan fingerprint density at radius 2 is 2.18 bits per heavy atom. The standard InChI is InChI=1S/C12H15NO4/c1-2-17-12(16)13-6-8-3-7-4-10(14)11(15)5-9(7)8/h4-5,8,14-15H,2-3,6H2,1H3,(H,13,16)/t8-/m1/s1. The first-order chi connectivity index (χ1) is 8.11. The van der Waals surface area contributed by atoms with Crippen molar-refractivity contribution in [1.29, 1.82) is 0 Å². The quantitative estimate of drug-likeness (QED) is 0.696. The predicted octanol–water partition coefficient (Wildman–Crippen LogP) is 1.48. The molecule has 0 unspecified atom stereocenters. The number of amides is 1. The Balaban J connectivity index is 1.94. The van der Waals surface area contributed by atoms with E-state index in [-0.39, 0.29) is 17.4 Å². The Labute approximate surface area is 99.0 Å². The number of phenolic OH excluding ortho intramolecular Hbond substituents is 2. The normalized spacial score (nSPS) is 16.9. The van der Waals surface area contributed by atoms with Gasteiger partial charge in [0.15, 0.2) is 11.5 Å². The van der Waals surface area contributed by atoms with E-state index in [2.05, 4.69) is 5.32 Å². The van der Waals surface area contributed by atoms with Crippen molar-refractivity contribution in [3.05, 3.63) is 23.3 Å². The molecule has 17 heavy (non-hydrogen) atoms. The average molecular weight is 237 g/mol. The molecule has 0 saturated carbocycles. The minimum atomic E-state index is -0.427. The third-order valence-corrected chi connectivity index (χ3v) is 2.91. The molecule has 0 saturated heterocycles. The molecule has 0 aromatic heterocycles. The molecular formula is C12H15NO4. The van der Waals surface area contributed by atoms with Crippen LogP contribution in [0.4, 0.5) is 4.79 Å². The number of alkyl carbamates (subject to hydrolysis) is 1. The van der Waals surface area contributed by atoms with Crippen LogP contribution < -0.4 is 5.32 Å². The Morgan fingerprint density at radius 1 is 1.47 bits per heavy atom. The van der Waals surface area contributed by atoms with E-state index in [4.69, 9.17) is 4.74 Å². The zero-order valence-electron chi connectivity index (χ0n) is 9.56. The SMILES string of the molecule is CCOC(=O)NC[C@H]1Cc2cc(O)c(O)cc21. The van der Waals surface area contributed by atoms with E-state index < -0.39 is 6.09 Å². The summed E-state index contributed by atoms with van der Waals surface area (Å²) in [7, 11) is 0. The van der Waals surface area contributed by atoms with E-state index >= 15 is 0 Å². The molecule has 0 radical (unpaired) electrons. The maximum Gasteiger partial charge on any atom is 0.407 e. The molecule has 92 valence electrons. The molecule has 5 heteroatoms. The summed E-state index contributed by atoms with van der Waals surface area (Å²) in [5.41, 5.74) is 1.98. The molecule has 1 aliphatic carbocycles. The van der Waals surface area contributed by atoms with Gasteiger partial charge in [-0.15, -0.1) is 0 Å². The Morgan fingerprint density at radius 3 is 2.88 bits per heavy atom. The van der Waals surface area contributed by atoms with E-state index in [0.717, 1.165) is 17.5 Å².